The number of nitrogens with one attached hydrogen (secondary N) is 2. The summed E-state index contributed by atoms with van der Waals surface area (Å²) in [5, 5.41) is 3.79. The highest BCUT2D eigenvalue weighted by molar-refractivity contribution is 5.96. The molecule has 0 spiro atoms. The number of benzene rings is 1. The second-order valence-electron chi connectivity index (χ2n) is 7.54. The predicted molar refractivity (Wildman–Crippen MR) is 106 cm³/mol. The molecule has 0 unspecified atom stereocenters. The van der Waals surface area contributed by atoms with E-state index in [9.17, 15) is 9.18 Å². The van der Waals surface area contributed by atoms with E-state index in [0.717, 1.165) is 29.0 Å². The Hall–Kier alpha value is -3.00. The quantitative estimate of drug-likeness (QED) is 0.641. The normalized spacial score (nSPS) is 19.4. The van der Waals surface area contributed by atoms with E-state index in [4.69, 9.17) is 5.73 Å². The number of halogens is 1. The second-order valence-corrected chi connectivity index (χ2v) is 7.54. The van der Waals surface area contributed by atoms with Crippen molar-refractivity contribution in [1.29, 1.82) is 0 Å². The van der Waals surface area contributed by atoms with E-state index in [-0.39, 0.29) is 12.1 Å². The summed E-state index contributed by atoms with van der Waals surface area (Å²) in [7, 11) is 0. The zero-order chi connectivity index (χ0) is 19.9. The maximum atomic E-state index is 14.0. The molecule has 4 rings (SSSR count). The molecule has 4 N–H and O–H groups in total. The molecule has 28 heavy (non-hydrogen) atoms. The van der Waals surface area contributed by atoms with Gasteiger partial charge in [-0.2, -0.15) is 0 Å². The molecule has 7 nitrogen and oxygen atoms in total. The van der Waals surface area contributed by atoms with Crippen LogP contribution in [0, 0.1) is 19.7 Å². The van der Waals surface area contributed by atoms with Crippen molar-refractivity contribution in [3.63, 3.8) is 0 Å². The average molecular weight is 382 g/mol. The molecule has 0 saturated carbocycles. The van der Waals surface area contributed by atoms with Crippen molar-refractivity contribution < 1.29 is 9.18 Å². The minimum Gasteiger partial charge on any atom is -0.354 e. The molecule has 1 saturated heterocycles. The zero-order valence-electron chi connectivity index (χ0n) is 15.9. The minimum absolute atomic E-state index is 0.0707. The number of anilines is 1. The fourth-order valence-electron chi connectivity index (χ4n) is 3.82. The summed E-state index contributed by atoms with van der Waals surface area (Å²) in [5.74, 6) is -0.125. The third kappa shape index (κ3) is 3.20. The van der Waals surface area contributed by atoms with Crippen molar-refractivity contribution in [3.8, 4) is 0 Å². The number of carbonyl (C=O) groups is 1. The molecule has 146 valence electrons. The summed E-state index contributed by atoms with van der Waals surface area (Å²) in [6, 6.07) is 4.59. The highest BCUT2D eigenvalue weighted by Crippen LogP contribution is 2.30. The number of carbonyl (C=O) groups excluding carboxylic acids is 1. The molecule has 1 amide bonds. The van der Waals surface area contributed by atoms with E-state index in [1.807, 2.05) is 13.1 Å². The Balaban J connectivity index is 1.48. The molecule has 0 radical (unpaired) electrons. The smallest absolute Gasteiger partial charge is 0.254 e. The fourth-order valence-corrected chi connectivity index (χ4v) is 3.82. The summed E-state index contributed by atoms with van der Waals surface area (Å²) in [5.41, 5.74) is 8.47. The Morgan fingerprint density at radius 2 is 2.18 bits per heavy atom. The summed E-state index contributed by atoms with van der Waals surface area (Å²) in [4.78, 5) is 26.5. The lowest BCUT2D eigenvalue weighted by Gasteiger charge is -2.26. The molecule has 3 aromatic rings. The zero-order valence-corrected chi connectivity index (χ0v) is 15.9. The van der Waals surface area contributed by atoms with Crippen LogP contribution in [0.4, 0.5) is 10.2 Å². The van der Waals surface area contributed by atoms with Gasteiger partial charge >= 0.3 is 0 Å². The van der Waals surface area contributed by atoms with Gasteiger partial charge in [0.1, 0.15) is 23.6 Å². The summed E-state index contributed by atoms with van der Waals surface area (Å²) < 4.78 is 14.0. The van der Waals surface area contributed by atoms with Gasteiger partial charge in [0.15, 0.2) is 0 Å². The first-order valence-electron chi connectivity index (χ1n) is 9.24. The Labute approximate surface area is 162 Å². The van der Waals surface area contributed by atoms with Crippen molar-refractivity contribution in [2.45, 2.75) is 25.8 Å². The molecule has 8 heteroatoms. The van der Waals surface area contributed by atoms with Crippen molar-refractivity contribution in [3.05, 3.63) is 53.2 Å². The minimum atomic E-state index is -0.615. The fraction of sp³-hybridized carbons (Fsp3) is 0.350. The SMILES string of the molecule is Cc1cccc(F)c1C(=O)NC[C@@]1(N)CCN(c2ncnc3[nH]cc(C)c23)C1. The van der Waals surface area contributed by atoms with Gasteiger partial charge in [0, 0.05) is 25.8 Å². The monoisotopic (exact) mass is 382 g/mol. The number of fused-ring (bicyclic) bond motifs is 1. The van der Waals surface area contributed by atoms with E-state index < -0.39 is 17.3 Å². The van der Waals surface area contributed by atoms with Gasteiger partial charge < -0.3 is 20.9 Å². The van der Waals surface area contributed by atoms with Gasteiger partial charge in [-0.3, -0.25) is 4.79 Å². The first-order valence-corrected chi connectivity index (χ1v) is 9.24. The van der Waals surface area contributed by atoms with Crippen LogP contribution in [0.25, 0.3) is 11.0 Å². The van der Waals surface area contributed by atoms with Gasteiger partial charge in [0.25, 0.3) is 5.91 Å². The lowest BCUT2D eigenvalue weighted by atomic mass is 9.99. The highest BCUT2D eigenvalue weighted by atomic mass is 19.1. The van der Waals surface area contributed by atoms with Crippen LogP contribution in [-0.2, 0) is 0 Å². The molecule has 1 fully saturated rings. The lowest BCUT2D eigenvalue weighted by Crippen LogP contribution is -2.52. The molecule has 1 aromatic carbocycles. The van der Waals surface area contributed by atoms with E-state index in [2.05, 4.69) is 25.2 Å². The van der Waals surface area contributed by atoms with E-state index in [0.29, 0.717) is 18.5 Å². The predicted octanol–water partition coefficient (Wildman–Crippen LogP) is 2.05. The second kappa shape index (κ2) is 6.87. The number of amides is 1. The van der Waals surface area contributed by atoms with Crippen LogP contribution in [0.2, 0.25) is 0 Å². The van der Waals surface area contributed by atoms with Gasteiger partial charge in [-0.15, -0.1) is 0 Å². The Kier molecular flexibility index (Phi) is 4.50. The van der Waals surface area contributed by atoms with Crippen molar-refractivity contribution in [2.75, 3.05) is 24.5 Å². The number of aromatic nitrogens is 3. The van der Waals surface area contributed by atoms with Crippen LogP contribution in [0.5, 0.6) is 0 Å². The number of rotatable bonds is 4. The van der Waals surface area contributed by atoms with Gasteiger partial charge in [-0.25, -0.2) is 14.4 Å². The average Bonchev–Trinajstić information content (AvgIpc) is 3.24. The first kappa shape index (κ1) is 18.4. The summed E-state index contributed by atoms with van der Waals surface area (Å²) in [6.45, 7) is 5.25. The number of nitrogens with zero attached hydrogens (tertiary/aromatic N) is 3. The molecule has 1 atom stereocenters. The third-order valence-electron chi connectivity index (χ3n) is 5.38. The molecule has 1 aliphatic rings. The number of aryl methyl sites for hydroxylation is 2. The van der Waals surface area contributed by atoms with Crippen LogP contribution in [0.15, 0.2) is 30.7 Å². The van der Waals surface area contributed by atoms with Crippen molar-refractivity contribution in [1.82, 2.24) is 20.3 Å². The largest absolute Gasteiger partial charge is 0.354 e. The highest BCUT2D eigenvalue weighted by Gasteiger charge is 2.36. The molecule has 3 heterocycles. The van der Waals surface area contributed by atoms with Crippen molar-refractivity contribution >= 4 is 22.8 Å². The number of H-pyrrole nitrogens is 1. The Bertz CT molecular complexity index is 1030. The Morgan fingerprint density at radius 1 is 1.36 bits per heavy atom. The maximum Gasteiger partial charge on any atom is 0.254 e. The number of aromatic amines is 1. The van der Waals surface area contributed by atoms with Gasteiger partial charge in [0.2, 0.25) is 0 Å². The van der Waals surface area contributed by atoms with Crippen LogP contribution < -0.4 is 16.0 Å². The molecule has 1 aliphatic heterocycles. The summed E-state index contributed by atoms with van der Waals surface area (Å²) >= 11 is 0. The maximum absolute atomic E-state index is 14.0. The lowest BCUT2D eigenvalue weighted by molar-refractivity contribution is 0.0940. The van der Waals surface area contributed by atoms with E-state index in [1.54, 1.807) is 19.1 Å². The first-order chi connectivity index (χ1) is 13.4. The number of hydrogen-bond donors (Lipinski definition) is 3. The van der Waals surface area contributed by atoms with Crippen LogP contribution in [-0.4, -0.2) is 46.0 Å². The third-order valence-corrected chi connectivity index (χ3v) is 5.38. The molecule has 0 bridgehead atoms. The topological polar surface area (TPSA) is 99.9 Å². The molecule has 2 aromatic heterocycles. The number of hydrogen-bond acceptors (Lipinski definition) is 5. The molecule has 0 aliphatic carbocycles. The standard InChI is InChI=1S/C20H23FN6O/c1-12-4-3-5-14(21)15(12)19(28)24-9-20(22)6-7-27(10-20)18-16-13(2)8-23-17(16)25-11-26-18/h3-5,8,11H,6-7,9-10,22H2,1-2H3,(H,24,28)(H,23,25,26)/t20-/m0/s1. The molecular weight excluding hydrogens is 359 g/mol. The number of nitrogens with two attached hydrogens (primary N) is 1. The van der Waals surface area contributed by atoms with E-state index >= 15 is 0 Å². The van der Waals surface area contributed by atoms with Crippen molar-refractivity contribution in [2.24, 2.45) is 5.73 Å². The van der Waals surface area contributed by atoms with Gasteiger partial charge in [0.05, 0.1) is 16.5 Å². The van der Waals surface area contributed by atoms with Crippen LogP contribution in [0.3, 0.4) is 0 Å². The summed E-state index contributed by atoms with van der Waals surface area (Å²) in [6.07, 6.45) is 4.14. The Morgan fingerprint density at radius 3 is 2.96 bits per heavy atom. The van der Waals surface area contributed by atoms with E-state index in [1.165, 1.54) is 12.4 Å². The van der Waals surface area contributed by atoms with Crippen LogP contribution >= 0.6 is 0 Å². The van der Waals surface area contributed by atoms with Crippen LogP contribution in [0.1, 0.15) is 27.9 Å². The van der Waals surface area contributed by atoms with Gasteiger partial charge in [-0.1, -0.05) is 12.1 Å². The van der Waals surface area contributed by atoms with Gasteiger partial charge in [-0.05, 0) is 37.5 Å². The molecular formula is C20H23FN6O.